The van der Waals surface area contributed by atoms with E-state index in [2.05, 4.69) is 288 Å². The van der Waals surface area contributed by atoms with Crippen molar-refractivity contribution in [1.29, 1.82) is 0 Å². The molecule has 0 aromatic heterocycles. The van der Waals surface area contributed by atoms with Gasteiger partial charge in [0.15, 0.2) is 0 Å². The summed E-state index contributed by atoms with van der Waals surface area (Å²) in [7, 11) is 0. The van der Waals surface area contributed by atoms with Crippen molar-refractivity contribution >= 4 is 39.8 Å². The first-order chi connectivity index (χ1) is 31.8. The van der Waals surface area contributed by atoms with Crippen LogP contribution in [0.25, 0.3) is 11.1 Å². The quantitative estimate of drug-likeness (QED) is 0.107. The molecular formula is C61H49N3. The minimum atomic E-state index is 0.0847. The molecule has 0 heterocycles. The van der Waals surface area contributed by atoms with E-state index in [1.54, 1.807) is 0 Å². The van der Waals surface area contributed by atoms with Crippen molar-refractivity contribution in [1.82, 2.24) is 0 Å². The zero-order chi connectivity index (χ0) is 42.9. The summed E-state index contributed by atoms with van der Waals surface area (Å²) < 4.78 is 0. The third kappa shape index (κ3) is 8.66. The molecule has 0 spiro atoms. The van der Waals surface area contributed by atoms with Crippen molar-refractivity contribution in [3.63, 3.8) is 0 Å². The lowest BCUT2D eigenvalue weighted by atomic mass is 9.85. The molecule has 9 aromatic rings. The highest BCUT2D eigenvalue weighted by atomic mass is 15.2. The Labute approximate surface area is 377 Å². The summed E-state index contributed by atoms with van der Waals surface area (Å²) in [6.45, 7) is 0. The normalized spacial score (nSPS) is 13.3. The first-order valence-electron chi connectivity index (χ1n) is 22.2. The second-order valence-electron chi connectivity index (χ2n) is 16.1. The van der Waals surface area contributed by atoms with Crippen molar-refractivity contribution < 1.29 is 0 Å². The molecule has 0 saturated carbocycles. The van der Waals surface area contributed by atoms with Gasteiger partial charge in [-0.3, -0.25) is 0 Å². The van der Waals surface area contributed by atoms with Crippen LogP contribution in [0.5, 0.6) is 0 Å². The Morgan fingerprint density at radius 1 is 0.312 bits per heavy atom. The van der Waals surface area contributed by atoms with Gasteiger partial charge in [-0.15, -0.1) is 0 Å². The van der Waals surface area contributed by atoms with Gasteiger partial charge in [-0.05, 0) is 125 Å². The molecule has 0 radical (unpaired) electrons. The van der Waals surface area contributed by atoms with Gasteiger partial charge < -0.3 is 14.7 Å². The Morgan fingerprint density at radius 2 is 0.656 bits per heavy atom. The second kappa shape index (κ2) is 18.9. The lowest BCUT2D eigenvalue weighted by molar-refractivity contribution is 0.776. The van der Waals surface area contributed by atoms with Crippen molar-refractivity contribution in [3.05, 3.63) is 295 Å². The molecule has 0 bridgehead atoms. The predicted octanol–water partition coefficient (Wildman–Crippen LogP) is 16.2. The Balaban J connectivity index is 0.985. The topological polar surface area (TPSA) is 9.72 Å². The summed E-state index contributed by atoms with van der Waals surface area (Å²) in [4.78, 5) is 7.16. The smallest absolute Gasteiger partial charge is 0.0561 e. The standard InChI is InChI=1S/C61H49N3/c1-7-19-47(20-8-1)48-31-35-55(36-32-48)64(56-37-33-51(34-38-56)61(49-21-9-2-10-22-49)50-23-11-3-12-24-50)60-45-43-59(44-46-60)63(54-29-17-6-18-30-54)58-41-39-57(40-42-58)62(52-25-13-4-14-26-52)53-27-15-5-16-28-53/h1-45,60-61H,46H2. The maximum atomic E-state index is 2.49. The fourth-order valence-electron chi connectivity index (χ4n) is 9.00. The van der Waals surface area contributed by atoms with Crippen LogP contribution in [0.4, 0.5) is 39.8 Å². The maximum Gasteiger partial charge on any atom is 0.0561 e. The maximum absolute atomic E-state index is 2.49. The highest BCUT2D eigenvalue weighted by Crippen LogP contribution is 2.40. The van der Waals surface area contributed by atoms with E-state index in [0.29, 0.717) is 0 Å². The molecule has 10 rings (SSSR count). The number of allylic oxidation sites excluding steroid dienone is 1. The van der Waals surface area contributed by atoms with Crippen LogP contribution in [0.15, 0.2) is 279 Å². The Morgan fingerprint density at radius 3 is 1.11 bits per heavy atom. The van der Waals surface area contributed by atoms with Crippen LogP contribution >= 0.6 is 0 Å². The SMILES string of the molecule is C1=CC(N(c2ccc(-c3ccccc3)cc2)c2ccc(C(c3ccccc3)c3ccccc3)cc2)CC=C1N(c1ccccc1)c1ccc(N(c2ccccc2)c2ccccc2)cc1. The van der Waals surface area contributed by atoms with E-state index >= 15 is 0 Å². The van der Waals surface area contributed by atoms with Crippen molar-refractivity contribution in [2.75, 3.05) is 14.7 Å². The van der Waals surface area contributed by atoms with Crippen molar-refractivity contribution in [2.24, 2.45) is 0 Å². The van der Waals surface area contributed by atoms with E-state index in [0.717, 1.165) is 51.9 Å². The van der Waals surface area contributed by atoms with Crippen LogP contribution in [0.1, 0.15) is 29.0 Å². The molecule has 308 valence electrons. The second-order valence-corrected chi connectivity index (χ2v) is 16.1. The van der Waals surface area contributed by atoms with Gasteiger partial charge in [-0.25, -0.2) is 0 Å². The van der Waals surface area contributed by atoms with E-state index in [-0.39, 0.29) is 12.0 Å². The zero-order valence-corrected chi connectivity index (χ0v) is 35.7. The van der Waals surface area contributed by atoms with E-state index in [1.807, 2.05) is 0 Å². The Kier molecular flexibility index (Phi) is 11.8. The third-order valence-corrected chi connectivity index (χ3v) is 12.1. The lowest BCUT2D eigenvalue weighted by Crippen LogP contribution is -2.31. The molecule has 3 heteroatoms. The number of benzene rings is 9. The number of hydrogen-bond acceptors (Lipinski definition) is 3. The molecule has 64 heavy (non-hydrogen) atoms. The van der Waals surface area contributed by atoms with Crippen LogP contribution < -0.4 is 14.7 Å². The van der Waals surface area contributed by atoms with Crippen LogP contribution in [0.2, 0.25) is 0 Å². The average Bonchev–Trinajstić information content (AvgIpc) is 3.38. The average molecular weight is 824 g/mol. The van der Waals surface area contributed by atoms with Gasteiger partial charge in [0.2, 0.25) is 0 Å². The van der Waals surface area contributed by atoms with E-state index < -0.39 is 0 Å². The molecule has 0 amide bonds. The fraction of sp³-hybridized carbons (Fsp3) is 0.0492. The van der Waals surface area contributed by atoms with E-state index in [9.17, 15) is 0 Å². The van der Waals surface area contributed by atoms with E-state index in [1.165, 1.54) is 27.8 Å². The number of para-hydroxylation sites is 3. The molecule has 0 saturated heterocycles. The predicted molar refractivity (Wildman–Crippen MR) is 270 cm³/mol. The minimum Gasteiger partial charge on any atom is -0.334 e. The molecule has 1 aliphatic carbocycles. The Bertz CT molecular complexity index is 2840. The highest BCUT2D eigenvalue weighted by molar-refractivity contribution is 5.79. The summed E-state index contributed by atoms with van der Waals surface area (Å²) in [5, 5.41) is 0. The van der Waals surface area contributed by atoms with Crippen molar-refractivity contribution in [3.8, 4) is 11.1 Å². The summed E-state index contributed by atoms with van der Waals surface area (Å²) in [5.74, 6) is 0.132. The molecule has 3 nitrogen and oxygen atoms in total. The largest absolute Gasteiger partial charge is 0.334 e. The van der Waals surface area contributed by atoms with Gasteiger partial charge in [0.25, 0.3) is 0 Å². The van der Waals surface area contributed by atoms with Crippen LogP contribution in [-0.4, -0.2) is 6.04 Å². The number of hydrogen-bond donors (Lipinski definition) is 0. The van der Waals surface area contributed by atoms with Gasteiger partial charge in [0, 0.05) is 51.4 Å². The summed E-state index contributed by atoms with van der Waals surface area (Å²) in [5.41, 5.74) is 15.2. The van der Waals surface area contributed by atoms with Gasteiger partial charge in [0.05, 0.1) is 6.04 Å². The molecule has 0 fully saturated rings. The van der Waals surface area contributed by atoms with Gasteiger partial charge in [-0.1, -0.05) is 182 Å². The number of rotatable bonds is 13. The number of nitrogens with zero attached hydrogens (tertiary/aromatic N) is 3. The Hall–Kier alpha value is -8.14. The van der Waals surface area contributed by atoms with E-state index in [4.69, 9.17) is 0 Å². The molecule has 1 unspecified atom stereocenters. The monoisotopic (exact) mass is 823 g/mol. The van der Waals surface area contributed by atoms with Crippen LogP contribution in [0.3, 0.4) is 0 Å². The molecule has 9 aromatic carbocycles. The molecule has 0 aliphatic heterocycles. The zero-order valence-electron chi connectivity index (χ0n) is 35.7. The molecular weight excluding hydrogens is 775 g/mol. The van der Waals surface area contributed by atoms with Gasteiger partial charge in [0.1, 0.15) is 0 Å². The first kappa shape index (κ1) is 40.0. The summed E-state index contributed by atoms with van der Waals surface area (Å²) in [6, 6.07) is 91.4. The van der Waals surface area contributed by atoms with Gasteiger partial charge in [-0.2, -0.15) is 0 Å². The minimum absolute atomic E-state index is 0.0847. The first-order valence-corrected chi connectivity index (χ1v) is 22.2. The van der Waals surface area contributed by atoms with Crippen LogP contribution in [-0.2, 0) is 0 Å². The lowest BCUT2D eigenvalue weighted by Gasteiger charge is -2.35. The highest BCUT2D eigenvalue weighted by Gasteiger charge is 2.25. The number of anilines is 7. The molecule has 1 aliphatic rings. The van der Waals surface area contributed by atoms with Crippen molar-refractivity contribution in [2.45, 2.75) is 18.4 Å². The summed E-state index contributed by atoms with van der Waals surface area (Å²) >= 11 is 0. The molecule has 0 N–H and O–H groups in total. The fourth-order valence-corrected chi connectivity index (χ4v) is 9.00. The third-order valence-electron chi connectivity index (χ3n) is 12.1. The molecule has 1 atom stereocenters. The van der Waals surface area contributed by atoms with Gasteiger partial charge >= 0.3 is 0 Å². The van der Waals surface area contributed by atoms with Crippen LogP contribution in [0, 0.1) is 0 Å². The summed E-state index contributed by atoms with van der Waals surface area (Å²) in [6.07, 6.45) is 7.89.